The van der Waals surface area contributed by atoms with Crippen LogP contribution in [0.15, 0.2) is 41.6 Å². The Hall–Kier alpha value is -2.16. The molecule has 1 unspecified atom stereocenters. The summed E-state index contributed by atoms with van der Waals surface area (Å²) in [6, 6.07) is 7.97. The fraction of sp³-hybridized carbons (Fsp3) is 0.222. The van der Waals surface area contributed by atoms with E-state index in [1.807, 2.05) is 0 Å². The van der Waals surface area contributed by atoms with Crippen molar-refractivity contribution in [2.75, 3.05) is 0 Å². The molecule has 0 radical (unpaired) electrons. The average Bonchev–Trinajstić information content (AvgIpc) is 3.06. The maximum Gasteiger partial charge on any atom is 0.435 e. The molecule has 0 saturated carbocycles. The molecular weight excluding hydrogens is 456 g/mol. The molecule has 0 aromatic heterocycles. The molecule has 0 spiro atoms. The Labute approximate surface area is 178 Å². The third-order valence-electron chi connectivity index (χ3n) is 4.33. The maximum absolute atomic E-state index is 14.0. The molecule has 0 saturated heterocycles. The second-order valence-electron chi connectivity index (χ2n) is 6.25. The van der Waals surface area contributed by atoms with Gasteiger partial charge < -0.3 is 15.3 Å². The molecule has 5 nitrogen and oxygen atoms in total. The Bertz CT molecular complexity index is 978. The molecule has 154 valence electrons. The van der Waals surface area contributed by atoms with Crippen LogP contribution in [0, 0.1) is 0 Å². The second-order valence-corrected chi connectivity index (χ2v) is 7.53. The van der Waals surface area contributed by atoms with E-state index in [2.05, 4.69) is 10.5 Å². The molecule has 2 aromatic rings. The van der Waals surface area contributed by atoms with Gasteiger partial charge in [0.25, 0.3) is 5.60 Å². The molecule has 2 N–H and O–H groups in total. The van der Waals surface area contributed by atoms with Gasteiger partial charge in [-0.25, -0.2) is 4.79 Å². The van der Waals surface area contributed by atoms with Crippen LogP contribution in [0.25, 0.3) is 0 Å². The topological polar surface area (TPSA) is 70.9 Å². The number of amides is 1. The van der Waals surface area contributed by atoms with Crippen molar-refractivity contribution in [2.45, 2.75) is 24.7 Å². The number of carboxylic acid groups (broad SMARTS) is 1. The zero-order chi connectivity index (χ0) is 21.4. The van der Waals surface area contributed by atoms with E-state index >= 15 is 0 Å². The molecule has 29 heavy (non-hydrogen) atoms. The van der Waals surface area contributed by atoms with Gasteiger partial charge in [-0.3, -0.25) is 0 Å². The van der Waals surface area contributed by atoms with Gasteiger partial charge in [0, 0.05) is 39.2 Å². The van der Waals surface area contributed by atoms with Gasteiger partial charge in [-0.2, -0.15) is 13.2 Å². The SMILES string of the molecule is O=C(O)NCc1ccc(C2=NOC(c3cc(Cl)cc(Cl)c3)(C(F)(F)F)C2)cc1Cl. The molecule has 1 aliphatic heterocycles. The highest BCUT2D eigenvalue weighted by atomic mass is 35.5. The van der Waals surface area contributed by atoms with E-state index < -0.39 is 24.3 Å². The van der Waals surface area contributed by atoms with E-state index in [0.29, 0.717) is 11.1 Å². The van der Waals surface area contributed by atoms with E-state index in [1.54, 1.807) is 0 Å². The summed E-state index contributed by atoms with van der Waals surface area (Å²) in [6.45, 7) is -0.0507. The number of nitrogens with one attached hydrogen (secondary N) is 1. The van der Waals surface area contributed by atoms with Crippen molar-refractivity contribution in [3.05, 3.63) is 68.2 Å². The third kappa shape index (κ3) is 4.39. The van der Waals surface area contributed by atoms with Crippen molar-refractivity contribution in [1.82, 2.24) is 5.32 Å². The number of benzene rings is 2. The summed E-state index contributed by atoms with van der Waals surface area (Å²) >= 11 is 17.9. The number of hydrogen-bond acceptors (Lipinski definition) is 3. The highest BCUT2D eigenvalue weighted by Crippen LogP contribution is 2.49. The van der Waals surface area contributed by atoms with Gasteiger partial charge in [0.15, 0.2) is 0 Å². The van der Waals surface area contributed by atoms with Gasteiger partial charge in [0.05, 0.1) is 5.71 Å². The largest absolute Gasteiger partial charge is 0.465 e. The van der Waals surface area contributed by atoms with E-state index in [4.69, 9.17) is 44.7 Å². The summed E-state index contributed by atoms with van der Waals surface area (Å²) in [5, 5.41) is 14.7. The zero-order valence-electron chi connectivity index (χ0n) is 14.4. The van der Waals surface area contributed by atoms with Gasteiger partial charge in [0.2, 0.25) is 0 Å². The first-order valence-electron chi connectivity index (χ1n) is 8.06. The van der Waals surface area contributed by atoms with Crippen molar-refractivity contribution < 1.29 is 27.9 Å². The molecule has 0 fully saturated rings. The van der Waals surface area contributed by atoms with Crippen LogP contribution in [0.4, 0.5) is 18.0 Å². The van der Waals surface area contributed by atoms with E-state index in [-0.39, 0.29) is 32.9 Å². The first-order chi connectivity index (χ1) is 13.5. The molecule has 1 aliphatic rings. The first kappa shape index (κ1) is 21.5. The Morgan fingerprint density at radius 3 is 2.38 bits per heavy atom. The van der Waals surface area contributed by atoms with Gasteiger partial charge in [-0.15, -0.1) is 0 Å². The van der Waals surface area contributed by atoms with Crippen molar-refractivity contribution >= 4 is 46.6 Å². The molecule has 3 rings (SSSR count). The number of alkyl halides is 3. The van der Waals surface area contributed by atoms with Crippen molar-refractivity contribution in [2.24, 2.45) is 5.16 Å². The van der Waals surface area contributed by atoms with Crippen LogP contribution >= 0.6 is 34.8 Å². The lowest BCUT2D eigenvalue weighted by Gasteiger charge is -2.29. The minimum atomic E-state index is -4.80. The summed E-state index contributed by atoms with van der Waals surface area (Å²) in [4.78, 5) is 15.5. The van der Waals surface area contributed by atoms with Crippen LogP contribution < -0.4 is 5.32 Å². The number of nitrogens with zero attached hydrogens (tertiary/aromatic N) is 1. The van der Waals surface area contributed by atoms with Crippen molar-refractivity contribution in [3.63, 3.8) is 0 Å². The molecule has 1 atom stereocenters. The highest BCUT2D eigenvalue weighted by molar-refractivity contribution is 6.34. The quantitative estimate of drug-likeness (QED) is 0.580. The average molecular weight is 468 g/mol. The van der Waals surface area contributed by atoms with Crippen molar-refractivity contribution in [3.8, 4) is 0 Å². The van der Waals surface area contributed by atoms with E-state index in [9.17, 15) is 18.0 Å². The minimum Gasteiger partial charge on any atom is -0.465 e. The third-order valence-corrected chi connectivity index (χ3v) is 5.12. The van der Waals surface area contributed by atoms with Crippen LogP contribution in [-0.2, 0) is 17.0 Å². The second kappa shape index (κ2) is 7.93. The summed E-state index contributed by atoms with van der Waals surface area (Å²) in [5.74, 6) is 0. The van der Waals surface area contributed by atoms with Gasteiger partial charge in [-0.1, -0.05) is 52.1 Å². The zero-order valence-corrected chi connectivity index (χ0v) is 16.6. The summed E-state index contributed by atoms with van der Waals surface area (Å²) in [6.07, 6.45) is -6.65. The number of rotatable bonds is 4. The summed E-state index contributed by atoms with van der Waals surface area (Å²) in [5.41, 5.74) is -2.21. The summed E-state index contributed by atoms with van der Waals surface area (Å²) in [7, 11) is 0. The van der Waals surface area contributed by atoms with Crippen LogP contribution in [0.5, 0.6) is 0 Å². The van der Waals surface area contributed by atoms with Crippen LogP contribution in [-0.4, -0.2) is 23.1 Å². The molecule has 2 aromatic carbocycles. The predicted molar refractivity (Wildman–Crippen MR) is 103 cm³/mol. The molecule has 0 aliphatic carbocycles. The predicted octanol–water partition coefficient (Wildman–Crippen LogP) is 6.00. The molecular formula is C18H12Cl3F3N2O3. The monoisotopic (exact) mass is 466 g/mol. The minimum absolute atomic E-state index is 0.0260. The lowest BCUT2D eigenvalue weighted by atomic mass is 9.86. The molecule has 11 heteroatoms. The first-order valence-corrected chi connectivity index (χ1v) is 9.19. The number of halogens is 6. The lowest BCUT2D eigenvalue weighted by Crippen LogP contribution is -2.42. The van der Waals surface area contributed by atoms with Crippen LogP contribution in [0.1, 0.15) is 23.1 Å². The number of oxime groups is 1. The van der Waals surface area contributed by atoms with E-state index in [0.717, 1.165) is 12.1 Å². The molecule has 1 amide bonds. The Balaban J connectivity index is 1.93. The summed E-state index contributed by atoms with van der Waals surface area (Å²) < 4.78 is 42.0. The standard InChI is InChI=1S/C18H12Cl3F3N2O3/c19-12-4-11(5-13(20)6-12)17(18(22,23)24)7-15(26-29-17)9-1-2-10(14(21)3-9)8-25-16(27)28/h1-6,25H,7-8H2,(H,27,28). The lowest BCUT2D eigenvalue weighted by molar-refractivity contribution is -0.275. The van der Waals surface area contributed by atoms with Crippen LogP contribution in [0.2, 0.25) is 15.1 Å². The van der Waals surface area contributed by atoms with Gasteiger partial charge in [-0.05, 0) is 29.8 Å². The van der Waals surface area contributed by atoms with Gasteiger partial charge in [0.1, 0.15) is 0 Å². The Kier molecular flexibility index (Phi) is 5.89. The number of carbonyl (C=O) groups is 1. The Morgan fingerprint density at radius 1 is 1.17 bits per heavy atom. The van der Waals surface area contributed by atoms with Crippen molar-refractivity contribution in [1.29, 1.82) is 0 Å². The normalized spacial score (nSPS) is 18.9. The number of hydrogen-bond donors (Lipinski definition) is 2. The van der Waals surface area contributed by atoms with E-state index in [1.165, 1.54) is 24.3 Å². The fourth-order valence-electron chi connectivity index (χ4n) is 2.89. The van der Waals surface area contributed by atoms with Gasteiger partial charge >= 0.3 is 12.3 Å². The smallest absolute Gasteiger partial charge is 0.435 e. The Morgan fingerprint density at radius 2 is 1.83 bits per heavy atom. The fourth-order valence-corrected chi connectivity index (χ4v) is 3.66. The van der Waals surface area contributed by atoms with Crippen LogP contribution in [0.3, 0.4) is 0 Å². The highest BCUT2D eigenvalue weighted by Gasteiger charge is 2.62. The molecule has 0 bridgehead atoms. The maximum atomic E-state index is 14.0. The molecule has 1 heterocycles.